The van der Waals surface area contributed by atoms with Gasteiger partial charge < -0.3 is 0 Å². The van der Waals surface area contributed by atoms with Crippen LogP contribution in [-0.4, -0.2) is 25.7 Å². The van der Waals surface area contributed by atoms with E-state index in [0.717, 1.165) is 33.8 Å². The van der Waals surface area contributed by atoms with E-state index in [9.17, 15) is 9.18 Å². The molecule has 0 N–H and O–H groups in total. The van der Waals surface area contributed by atoms with Crippen molar-refractivity contribution < 1.29 is 9.18 Å². The van der Waals surface area contributed by atoms with Gasteiger partial charge in [0.15, 0.2) is 0 Å². The maximum absolute atomic E-state index is 13.6. The van der Waals surface area contributed by atoms with Crippen LogP contribution in [0.2, 0.25) is 5.02 Å². The Morgan fingerprint density at radius 3 is 2.41 bits per heavy atom. The third-order valence-corrected chi connectivity index (χ3v) is 6.26. The maximum Gasteiger partial charge on any atom is 0.252 e. The monoisotopic (exact) mass is 475 g/mol. The molecule has 3 heterocycles. The van der Waals surface area contributed by atoms with Crippen LogP contribution in [0.25, 0.3) is 5.95 Å². The van der Waals surface area contributed by atoms with Gasteiger partial charge in [0.1, 0.15) is 11.6 Å². The smallest absolute Gasteiger partial charge is 0.252 e. The molecule has 2 aromatic heterocycles. The molecule has 172 valence electrons. The van der Waals surface area contributed by atoms with Gasteiger partial charge in [-0.2, -0.15) is 9.78 Å². The largest absolute Gasteiger partial charge is 0.292 e. The number of anilines is 1. The van der Waals surface area contributed by atoms with Crippen molar-refractivity contribution in [1.82, 2.24) is 19.7 Å². The van der Waals surface area contributed by atoms with Gasteiger partial charge in [-0.25, -0.2) is 14.4 Å². The number of aromatic nitrogens is 4. The fraction of sp³-hybridized carbons (Fsp3) is 0.231. The molecule has 34 heavy (non-hydrogen) atoms. The first kappa shape index (κ1) is 22.2. The zero-order chi connectivity index (χ0) is 24.0. The Balaban J connectivity index is 1.71. The standard InChI is InChI=1S/C26H23ClFN5O/c1-15-11-16(2)30-26(29-15)33-25-24(17(3)31-33)22(19-7-9-21(28)10-8-19)13-23(34)32(25)14-18-5-4-6-20(27)12-18/h4-12,22H,13-14H2,1-3H3/t22-/m1/s1. The molecule has 0 radical (unpaired) electrons. The van der Waals surface area contributed by atoms with Crippen molar-refractivity contribution in [1.29, 1.82) is 0 Å². The summed E-state index contributed by atoms with van der Waals surface area (Å²) >= 11 is 6.21. The van der Waals surface area contributed by atoms with Crippen molar-refractivity contribution in [2.24, 2.45) is 0 Å². The SMILES string of the molecule is Cc1cc(C)nc(-n2nc(C)c3c2N(Cc2cccc(Cl)c2)C(=O)C[C@@H]3c2ccc(F)cc2)n1. The van der Waals surface area contributed by atoms with Crippen molar-refractivity contribution in [2.75, 3.05) is 4.90 Å². The quantitative estimate of drug-likeness (QED) is 0.394. The molecule has 0 spiro atoms. The van der Waals surface area contributed by atoms with Gasteiger partial charge in [0.2, 0.25) is 5.91 Å². The average molecular weight is 476 g/mol. The number of halogens is 2. The topological polar surface area (TPSA) is 63.9 Å². The number of benzene rings is 2. The normalized spacial score (nSPS) is 15.5. The number of amides is 1. The molecule has 0 aliphatic carbocycles. The summed E-state index contributed by atoms with van der Waals surface area (Å²) in [5.41, 5.74) is 5.07. The van der Waals surface area contributed by atoms with Crippen LogP contribution in [0, 0.1) is 26.6 Å². The fourth-order valence-electron chi connectivity index (χ4n) is 4.60. The van der Waals surface area contributed by atoms with Crippen LogP contribution in [0.5, 0.6) is 0 Å². The molecule has 1 aliphatic rings. The van der Waals surface area contributed by atoms with Crippen LogP contribution < -0.4 is 4.90 Å². The first-order valence-electron chi connectivity index (χ1n) is 11.0. The highest BCUT2D eigenvalue weighted by molar-refractivity contribution is 6.30. The molecule has 1 aliphatic heterocycles. The second kappa shape index (κ2) is 8.65. The molecule has 5 rings (SSSR count). The molecule has 1 atom stereocenters. The highest BCUT2D eigenvalue weighted by Gasteiger charge is 2.38. The van der Waals surface area contributed by atoms with Gasteiger partial charge in [-0.1, -0.05) is 35.9 Å². The maximum atomic E-state index is 13.6. The number of nitrogens with zero attached hydrogens (tertiary/aromatic N) is 5. The Kier molecular flexibility index (Phi) is 5.65. The summed E-state index contributed by atoms with van der Waals surface area (Å²) in [5.74, 6) is 0.411. The lowest BCUT2D eigenvalue weighted by Crippen LogP contribution is -2.38. The molecule has 2 aromatic carbocycles. The van der Waals surface area contributed by atoms with Gasteiger partial charge in [0.25, 0.3) is 5.95 Å². The summed E-state index contributed by atoms with van der Waals surface area (Å²) < 4.78 is 15.3. The number of carbonyl (C=O) groups is 1. The Labute approximate surface area is 202 Å². The van der Waals surface area contributed by atoms with Gasteiger partial charge in [0, 0.05) is 34.3 Å². The van der Waals surface area contributed by atoms with E-state index in [-0.39, 0.29) is 24.1 Å². The van der Waals surface area contributed by atoms with Gasteiger partial charge in [-0.3, -0.25) is 9.69 Å². The van der Waals surface area contributed by atoms with Crippen LogP contribution >= 0.6 is 11.6 Å². The van der Waals surface area contributed by atoms with E-state index in [2.05, 4.69) is 9.97 Å². The van der Waals surface area contributed by atoms with E-state index in [4.69, 9.17) is 16.7 Å². The highest BCUT2D eigenvalue weighted by atomic mass is 35.5. The Bertz CT molecular complexity index is 1380. The third kappa shape index (κ3) is 4.07. The van der Waals surface area contributed by atoms with Crippen LogP contribution in [0.15, 0.2) is 54.6 Å². The van der Waals surface area contributed by atoms with Crippen LogP contribution in [0.1, 0.15) is 46.1 Å². The molecule has 0 saturated heterocycles. The number of fused-ring (bicyclic) bond motifs is 1. The van der Waals surface area contributed by atoms with E-state index >= 15 is 0 Å². The molecule has 0 bridgehead atoms. The van der Waals surface area contributed by atoms with Crippen molar-refractivity contribution in [3.8, 4) is 5.95 Å². The van der Waals surface area contributed by atoms with Crippen molar-refractivity contribution in [3.63, 3.8) is 0 Å². The summed E-state index contributed by atoms with van der Waals surface area (Å²) in [7, 11) is 0. The molecule has 0 fully saturated rings. The van der Waals surface area contributed by atoms with E-state index in [1.54, 1.807) is 27.8 Å². The van der Waals surface area contributed by atoms with Crippen molar-refractivity contribution in [3.05, 3.63) is 99.2 Å². The van der Waals surface area contributed by atoms with Gasteiger partial charge >= 0.3 is 0 Å². The predicted molar refractivity (Wildman–Crippen MR) is 129 cm³/mol. The Hall–Kier alpha value is -3.58. The first-order chi connectivity index (χ1) is 16.3. The van der Waals surface area contributed by atoms with E-state index in [0.29, 0.717) is 23.3 Å². The Morgan fingerprint density at radius 1 is 1.03 bits per heavy atom. The molecule has 6 nitrogen and oxygen atoms in total. The molecular formula is C26H23ClFN5O. The third-order valence-electron chi connectivity index (χ3n) is 6.03. The number of aryl methyl sites for hydroxylation is 3. The zero-order valence-electron chi connectivity index (χ0n) is 19.1. The average Bonchev–Trinajstić information content (AvgIpc) is 3.13. The lowest BCUT2D eigenvalue weighted by Gasteiger charge is -2.33. The van der Waals surface area contributed by atoms with E-state index in [1.165, 1.54) is 12.1 Å². The van der Waals surface area contributed by atoms with Crippen LogP contribution in [0.4, 0.5) is 10.2 Å². The molecular weight excluding hydrogens is 453 g/mol. The van der Waals surface area contributed by atoms with E-state index < -0.39 is 0 Å². The lowest BCUT2D eigenvalue weighted by molar-refractivity contribution is -0.119. The minimum absolute atomic E-state index is 0.0627. The van der Waals surface area contributed by atoms with Crippen LogP contribution in [0.3, 0.4) is 0 Å². The predicted octanol–water partition coefficient (Wildman–Crippen LogP) is 5.45. The van der Waals surface area contributed by atoms with Crippen molar-refractivity contribution >= 4 is 23.3 Å². The minimum Gasteiger partial charge on any atom is -0.292 e. The van der Waals surface area contributed by atoms with Gasteiger partial charge in [-0.15, -0.1) is 0 Å². The highest BCUT2D eigenvalue weighted by Crippen LogP contribution is 2.43. The minimum atomic E-state index is -0.315. The zero-order valence-corrected chi connectivity index (χ0v) is 19.8. The fourth-order valence-corrected chi connectivity index (χ4v) is 4.81. The number of hydrogen-bond donors (Lipinski definition) is 0. The van der Waals surface area contributed by atoms with Crippen molar-refractivity contribution in [2.45, 2.75) is 39.7 Å². The molecule has 8 heteroatoms. The second-order valence-corrected chi connectivity index (χ2v) is 9.04. The summed E-state index contributed by atoms with van der Waals surface area (Å²) in [6.45, 7) is 6.05. The summed E-state index contributed by atoms with van der Waals surface area (Å²) in [6, 6.07) is 15.6. The number of hydrogen-bond acceptors (Lipinski definition) is 4. The van der Waals surface area contributed by atoms with E-state index in [1.807, 2.05) is 45.0 Å². The molecule has 4 aromatic rings. The summed E-state index contributed by atoms with van der Waals surface area (Å²) in [6.07, 6.45) is 0.249. The van der Waals surface area contributed by atoms with Gasteiger partial charge in [-0.05, 0) is 62.2 Å². The lowest BCUT2D eigenvalue weighted by atomic mass is 9.85. The molecule has 0 unspecified atom stereocenters. The second-order valence-electron chi connectivity index (χ2n) is 8.60. The van der Waals surface area contributed by atoms with Crippen LogP contribution in [-0.2, 0) is 11.3 Å². The van der Waals surface area contributed by atoms with Gasteiger partial charge in [0.05, 0.1) is 12.2 Å². The summed E-state index contributed by atoms with van der Waals surface area (Å²) in [5, 5.41) is 5.38. The summed E-state index contributed by atoms with van der Waals surface area (Å²) in [4.78, 5) is 24.5. The number of carbonyl (C=O) groups excluding carboxylic acids is 1. The first-order valence-corrected chi connectivity index (χ1v) is 11.4. The number of rotatable bonds is 4. The molecule has 0 saturated carbocycles. The molecule has 1 amide bonds. The Morgan fingerprint density at radius 2 is 1.74 bits per heavy atom.